The van der Waals surface area contributed by atoms with E-state index in [9.17, 15) is 9.59 Å². The summed E-state index contributed by atoms with van der Waals surface area (Å²) in [6, 6.07) is 9.35. The smallest absolute Gasteiger partial charge is 0.260 e. The van der Waals surface area contributed by atoms with E-state index in [0.29, 0.717) is 24.8 Å². The van der Waals surface area contributed by atoms with E-state index in [1.165, 1.54) is 6.42 Å². The summed E-state index contributed by atoms with van der Waals surface area (Å²) in [6.07, 6.45) is 3.72. The minimum Gasteiger partial charge on any atom is -0.484 e. The molecule has 2 amide bonds. The van der Waals surface area contributed by atoms with Crippen LogP contribution in [0.5, 0.6) is 5.75 Å². The average molecular weight is 396 g/mol. The maximum Gasteiger partial charge on any atom is 0.260 e. The number of likely N-dealkylation sites (tertiary alicyclic amines) is 1. The van der Waals surface area contributed by atoms with Crippen molar-refractivity contribution in [3.8, 4) is 5.75 Å². The summed E-state index contributed by atoms with van der Waals surface area (Å²) in [5.41, 5.74) is 0. The predicted molar refractivity (Wildman–Crippen MR) is 107 cm³/mol. The summed E-state index contributed by atoms with van der Waals surface area (Å²) in [5.74, 6) is 1.55. The highest BCUT2D eigenvalue weighted by atomic mass is 35.5. The third-order valence-electron chi connectivity index (χ3n) is 5.34. The number of carbonyl (C=O) groups excluding carboxylic acids is 2. The third kappa shape index (κ3) is 6.70. The van der Waals surface area contributed by atoms with Crippen LogP contribution in [0.15, 0.2) is 30.3 Å². The van der Waals surface area contributed by atoms with Gasteiger partial charge in [0, 0.05) is 25.6 Å². The molecule has 3 rings (SSSR count). The van der Waals surface area contributed by atoms with E-state index in [-0.39, 0.29) is 36.7 Å². The van der Waals surface area contributed by atoms with Gasteiger partial charge < -0.3 is 20.3 Å². The van der Waals surface area contributed by atoms with E-state index in [2.05, 4.69) is 10.6 Å². The molecule has 1 atom stereocenters. The second kappa shape index (κ2) is 11.1. The summed E-state index contributed by atoms with van der Waals surface area (Å²) in [4.78, 5) is 26.4. The fourth-order valence-corrected chi connectivity index (χ4v) is 3.65. The molecule has 2 aliphatic heterocycles. The Hall–Kier alpha value is -1.79. The standard InChI is InChI=1S/C20H29N3O3.ClH/c24-19(15-26-18-4-2-1-3-5-18)23-12-8-17(9-13-23)20(25)22-11-7-16-6-10-21-14-16;/h1-5,16-17,21H,6-15H2,(H,22,25);1H. The molecule has 0 aliphatic carbocycles. The molecule has 7 heteroatoms. The molecule has 0 bridgehead atoms. The van der Waals surface area contributed by atoms with Gasteiger partial charge in [-0.25, -0.2) is 0 Å². The summed E-state index contributed by atoms with van der Waals surface area (Å²) in [5, 5.41) is 6.42. The third-order valence-corrected chi connectivity index (χ3v) is 5.34. The summed E-state index contributed by atoms with van der Waals surface area (Å²) >= 11 is 0. The van der Waals surface area contributed by atoms with Crippen molar-refractivity contribution in [1.82, 2.24) is 15.5 Å². The minimum atomic E-state index is -0.0126. The van der Waals surface area contributed by atoms with Crippen molar-refractivity contribution >= 4 is 24.2 Å². The number of rotatable bonds is 7. The van der Waals surface area contributed by atoms with Gasteiger partial charge in [-0.05, 0) is 56.8 Å². The Kier molecular flexibility index (Phi) is 8.88. The summed E-state index contributed by atoms with van der Waals surface area (Å²) in [7, 11) is 0. The van der Waals surface area contributed by atoms with E-state index < -0.39 is 0 Å². The molecule has 2 N–H and O–H groups in total. The van der Waals surface area contributed by atoms with Gasteiger partial charge in [0.1, 0.15) is 5.75 Å². The van der Waals surface area contributed by atoms with Crippen LogP contribution in [0, 0.1) is 11.8 Å². The van der Waals surface area contributed by atoms with Crippen LogP contribution in [0.4, 0.5) is 0 Å². The fourth-order valence-electron chi connectivity index (χ4n) is 3.65. The molecule has 1 unspecified atom stereocenters. The molecule has 1 aromatic carbocycles. The van der Waals surface area contributed by atoms with Crippen LogP contribution >= 0.6 is 12.4 Å². The van der Waals surface area contributed by atoms with Crippen LogP contribution in [-0.4, -0.2) is 56.0 Å². The van der Waals surface area contributed by atoms with Gasteiger partial charge in [-0.1, -0.05) is 18.2 Å². The van der Waals surface area contributed by atoms with Crippen molar-refractivity contribution in [2.24, 2.45) is 11.8 Å². The summed E-state index contributed by atoms with van der Waals surface area (Å²) < 4.78 is 5.52. The molecule has 6 nitrogen and oxygen atoms in total. The highest BCUT2D eigenvalue weighted by molar-refractivity contribution is 5.85. The van der Waals surface area contributed by atoms with E-state index in [4.69, 9.17) is 4.74 Å². The lowest BCUT2D eigenvalue weighted by Gasteiger charge is -2.31. The van der Waals surface area contributed by atoms with Crippen molar-refractivity contribution in [2.45, 2.75) is 25.7 Å². The number of hydrogen-bond donors (Lipinski definition) is 2. The Bertz CT molecular complexity index is 585. The van der Waals surface area contributed by atoms with Gasteiger partial charge in [0.15, 0.2) is 6.61 Å². The highest BCUT2D eigenvalue weighted by Crippen LogP contribution is 2.18. The predicted octanol–water partition coefficient (Wildman–Crippen LogP) is 1.84. The number of nitrogens with one attached hydrogen (secondary N) is 2. The van der Waals surface area contributed by atoms with Crippen molar-refractivity contribution in [1.29, 1.82) is 0 Å². The molecule has 2 heterocycles. The molecule has 0 radical (unpaired) electrons. The molecular weight excluding hydrogens is 366 g/mol. The molecule has 0 aromatic heterocycles. The molecule has 0 saturated carbocycles. The van der Waals surface area contributed by atoms with E-state index in [0.717, 1.165) is 38.9 Å². The maximum absolute atomic E-state index is 12.3. The SMILES string of the molecule is Cl.O=C(NCCC1CCNC1)C1CCN(C(=O)COc2ccccc2)CC1. The minimum absolute atomic E-state index is 0. The first-order valence-corrected chi connectivity index (χ1v) is 9.66. The Morgan fingerprint density at radius 3 is 2.56 bits per heavy atom. The summed E-state index contributed by atoms with van der Waals surface area (Å²) in [6.45, 7) is 4.23. The molecule has 0 spiro atoms. The number of piperidine rings is 1. The van der Waals surface area contributed by atoms with Gasteiger partial charge in [0.05, 0.1) is 0 Å². The van der Waals surface area contributed by atoms with Crippen LogP contribution in [0.1, 0.15) is 25.7 Å². The second-order valence-electron chi connectivity index (χ2n) is 7.20. The second-order valence-corrected chi connectivity index (χ2v) is 7.20. The number of nitrogens with zero attached hydrogens (tertiary/aromatic N) is 1. The van der Waals surface area contributed by atoms with Crippen molar-refractivity contribution in [2.75, 3.05) is 39.3 Å². The number of ether oxygens (including phenoxy) is 1. The van der Waals surface area contributed by atoms with Crippen LogP contribution in [0.2, 0.25) is 0 Å². The normalized spacial score (nSPS) is 20.0. The van der Waals surface area contributed by atoms with Crippen molar-refractivity contribution in [3.05, 3.63) is 30.3 Å². The van der Waals surface area contributed by atoms with Crippen molar-refractivity contribution in [3.63, 3.8) is 0 Å². The van der Waals surface area contributed by atoms with Crippen LogP contribution in [0.3, 0.4) is 0 Å². The lowest BCUT2D eigenvalue weighted by Crippen LogP contribution is -2.44. The highest BCUT2D eigenvalue weighted by Gasteiger charge is 2.27. The first-order chi connectivity index (χ1) is 12.7. The monoisotopic (exact) mass is 395 g/mol. The van der Waals surface area contributed by atoms with E-state index >= 15 is 0 Å². The first kappa shape index (κ1) is 21.5. The van der Waals surface area contributed by atoms with E-state index in [1.54, 1.807) is 4.90 Å². The van der Waals surface area contributed by atoms with Crippen LogP contribution in [0.25, 0.3) is 0 Å². The largest absolute Gasteiger partial charge is 0.484 e. The zero-order valence-corrected chi connectivity index (χ0v) is 16.5. The molecule has 2 fully saturated rings. The van der Waals surface area contributed by atoms with Crippen LogP contribution < -0.4 is 15.4 Å². The average Bonchev–Trinajstić information content (AvgIpc) is 3.20. The first-order valence-electron chi connectivity index (χ1n) is 9.66. The molecule has 150 valence electrons. The number of halogens is 1. The molecule has 2 aliphatic rings. The number of hydrogen-bond acceptors (Lipinski definition) is 4. The Morgan fingerprint density at radius 1 is 1.15 bits per heavy atom. The van der Waals surface area contributed by atoms with Gasteiger partial charge in [-0.15, -0.1) is 12.4 Å². The van der Waals surface area contributed by atoms with Crippen LogP contribution in [-0.2, 0) is 9.59 Å². The Labute approximate surface area is 167 Å². The van der Waals surface area contributed by atoms with Gasteiger partial charge >= 0.3 is 0 Å². The molecule has 1 aromatic rings. The lowest BCUT2D eigenvalue weighted by molar-refractivity contribution is -0.137. The quantitative estimate of drug-likeness (QED) is 0.739. The van der Waals surface area contributed by atoms with Gasteiger partial charge in [0.2, 0.25) is 5.91 Å². The van der Waals surface area contributed by atoms with Gasteiger partial charge in [-0.3, -0.25) is 9.59 Å². The molecular formula is C20H30ClN3O3. The topological polar surface area (TPSA) is 70.7 Å². The zero-order valence-electron chi connectivity index (χ0n) is 15.7. The van der Waals surface area contributed by atoms with Gasteiger partial charge in [0.25, 0.3) is 5.91 Å². The fraction of sp³-hybridized carbons (Fsp3) is 0.600. The Morgan fingerprint density at radius 2 is 1.89 bits per heavy atom. The molecule has 27 heavy (non-hydrogen) atoms. The van der Waals surface area contributed by atoms with Crippen molar-refractivity contribution < 1.29 is 14.3 Å². The number of para-hydroxylation sites is 1. The lowest BCUT2D eigenvalue weighted by atomic mass is 9.95. The number of benzene rings is 1. The number of amides is 2. The van der Waals surface area contributed by atoms with E-state index in [1.807, 2.05) is 30.3 Å². The maximum atomic E-state index is 12.3. The number of carbonyl (C=O) groups is 2. The zero-order chi connectivity index (χ0) is 18.2. The Balaban J connectivity index is 0.00000261. The van der Waals surface area contributed by atoms with Gasteiger partial charge in [-0.2, -0.15) is 0 Å². The molecule has 2 saturated heterocycles.